The van der Waals surface area contributed by atoms with E-state index in [4.69, 9.17) is 33.2 Å². The van der Waals surface area contributed by atoms with Crippen molar-refractivity contribution >= 4 is 48.2 Å². The van der Waals surface area contributed by atoms with Crippen LogP contribution in [0.4, 0.5) is 24.0 Å². The molecule has 1 N–H and O–H groups in total. The monoisotopic (exact) mass is 1350 g/mol. The molecule has 3 saturated heterocycles. The number of nitrogens with one attached hydrogen (secondary N) is 1. The first-order valence-electron chi connectivity index (χ1n) is 33.5. The van der Waals surface area contributed by atoms with Gasteiger partial charge in [0.25, 0.3) is 5.56 Å². The summed E-state index contributed by atoms with van der Waals surface area (Å²) in [5.41, 5.74) is 4.28. The van der Waals surface area contributed by atoms with E-state index in [1.807, 2.05) is 0 Å². The lowest BCUT2D eigenvalue weighted by molar-refractivity contribution is -0.148. The zero-order valence-electron chi connectivity index (χ0n) is 59.6. The summed E-state index contributed by atoms with van der Waals surface area (Å²) in [5.74, 6) is -1.01. The molecule has 30 heteroatoms. The Morgan fingerprint density at radius 2 is 0.863 bits per heavy atom. The first kappa shape index (κ1) is 80.1. The SMILES string of the molecule is Cc1cn([C@H]2C[C@H](N=[N+]=[N-])[C@@H](COC(=O)CCCCN3CCCN(C(=O)CCCC(=O)N4CCCN(C(=O)OC(C)(C)C)CCN(C(=O)OC(C)(C)C)CCCN(C(=O)OC(C)(C)C)CC4)CCN(C(=O)OC(C)(C)C)CCCN(C(=O)OC(C)(C)C)CC3)O2)c(=O)[nH]c1=O. The summed E-state index contributed by atoms with van der Waals surface area (Å²) in [4.78, 5) is 154. The Morgan fingerprint density at radius 3 is 1.24 bits per heavy atom. The van der Waals surface area contributed by atoms with Crippen molar-refractivity contribution in [2.75, 3.05) is 118 Å². The number of aromatic amines is 1. The van der Waals surface area contributed by atoms with Gasteiger partial charge in [0.05, 0.1) is 6.04 Å². The van der Waals surface area contributed by atoms with Gasteiger partial charge in [-0.3, -0.25) is 28.7 Å². The number of aromatic nitrogens is 2. The third kappa shape index (κ3) is 30.5. The van der Waals surface area contributed by atoms with Crippen molar-refractivity contribution in [2.24, 2.45) is 5.11 Å². The number of esters is 1. The molecule has 1 aromatic rings. The maximum Gasteiger partial charge on any atom is 0.410 e. The molecule has 0 bridgehead atoms. The van der Waals surface area contributed by atoms with Crippen molar-refractivity contribution in [2.45, 2.75) is 228 Å². The van der Waals surface area contributed by atoms with Crippen molar-refractivity contribution in [1.29, 1.82) is 0 Å². The summed E-state index contributed by atoms with van der Waals surface area (Å²) in [5, 5.41) is 3.81. The van der Waals surface area contributed by atoms with Gasteiger partial charge in [0.15, 0.2) is 0 Å². The van der Waals surface area contributed by atoms with Crippen LogP contribution in [-0.2, 0) is 47.5 Å². The van der Waals surface area contributed by atoms with Crippen LogP contribution in [-0.4, -0.2) is 255 Å². The molecule has 3 atom stereocenters. The number of carbonyl (C=O) groups excluding carboxylic acids is 8. The number of azide groups is 1. The van der Waals surface area contributed by atoms with Crippen molar-refractivity contribution in [3.05, 3.63) is 43.0 Å². The minimum atomic E-state index is -0.873. The van der Waals surface area contributed by atoms with Gasteiger partial charge in [-0.15, -0.1) is 0 Å². The van der Waals surface area contributed by atoms with Crippen molar-refractivity contribution in [3.63, 3.8) is 0 Å². The van der Waals surface area contributed by atoms with Gasteiger partial charge < -0.3 is 72.4 Å². The van der Waals surface area contributed by atoms with Crippen molar-refractivity contribution in [1.82, 2.24) is 48.8 Å². The Bertz CT molecular complexity index is 2880. The van der Waals surface area contributed by atoms with Crippen LogP contribution in [0.15, 0.2) is 20.9 Å². The van der Waals surface area contributed by atoms with E-state index < -0.39 is 94.1 Å². The highest BCUT2D eigenvalue weighted by Crippen LogP contribution is 2.31. The molecule has 7 amide bonds. The van der Waals surface area contributed by atoms with E-state index in [0.717, 1.165) is 0 Å². The van der Waals surface area contributed by atoms with Crippen LogP contribution < -0.4 is 11.2 Å². The van der Waals surface area contributed by atoms with Crippen LogP contribution in [0.25, 0.3) is 10.4 Å². The molecule has 3 aliphatic rings. The summed E-state index contributed by atoms with van der Waals surface area (Å²) < 4.78 is 41.8. The van der Waals surface area contributed by atoms with Crippen LogP contribution >= 0.6 is 0 Å². The molecule has 0 aromatic carbocycles. The van der Waals surface area contributed by atoms with Gasteiger partial charge >= 0.3 is 42.1 Å². The Kier molecular flexibility index (Phi) is 30.9. The second kappa shape index (κ2) is 36.7. The van der Waals surface area contributed by atoms with Gasteiger partial charge in [-0.2, -0.15) is 0 Å². The third-order valence-corrected chi connectivity index (χ3v) is 15.2. The van der Waals surface area contributed by atoms with Crippen LogP contribution in [0.3, 0.4) is 0 Å². The van der Waals surface area contributed by atoms with E-state index in [-0.39, 0.29) is 148 Å². The lowest BCUT2D eigenvalue weighted by Gasteiger charge is -2.34. The topological polar surface area (TPSA) is 331 Å². The van der Waals surface area contributed by atoms with Gasteiger partial charge in [0.2, 0.25) is 11.8 Å². The minimum absolute atomic E-state index is 0.00423. The number of H-pyrrole nitrogens is 1. The van der Waals surface area contributed by atoms with Crippen LogP contribution in [0.1, 0.15) is 186 Å². The fraction of sp³-hybridized carbons (Fsp3) is 0.815. The summed E-state index contributed by atoms with van der Waals surface area (Å²) in [7, 11) is 0. The maximum absolute atomic E-state index is 14.5. The molecule has 95 heavy (non-hydrogen) atoms. The maximum atomic E-state index is 14.5. The summed E-state index contributed by atoms with van der Waals surface area (Å²) in [6.07, 6.45) is -0.397. The molecule has 3 fully saturated rings. The summed E-state index contributed by atoms with van der Waals surface area (Å²) in [6, 6.07) is -0.756. The molecular formula is C65H111N13O17. The molecule has 30 nitrogen and oxygen atoms in total. The first-order valence-corrected chi connectivity index (χ1v) is 33.5. The van der Waals surface area contributed by atoms with E-state index >= 15 is 0 Å². The van der Waals surface area contributed by atoms with E-state index in [9.17, 15) is 53.5 Å². The number of aryl methyl sites for hydroxylation is 1. The zero-order chi connectivity index (χ0) is 71.1. The molecule has 3 aliphatic heterocycles. The van der Waals surface area contributed by atoms with Gasteiger partial charge in [0, 0.05) is 141 Å². The molecule has 0 unspecified atom stereocenters. The van der Waals surface area contributed by atoms with E-state index in [1.165, 1.54) is 25.5 Å². The van der Waals surface area contributed by atoms with E-state index in [2.05, 4.69) is 19.9 Å². The Hall–Kier alpha value is -7.33. The fourth-order valence-electron chi connectivity index (χ4n) is 10.6. The van der Waals surface area contributed by atoms with Crippen LogP contribution in [0.2, 0.25) is 0 Å². The third-order valence-electron chi connectivity index (χ3n) is 15.2. The molecule has 4 rings (SSSR count). The molecule has 538 valence electrons. The quantitative estimate of drug-likeness (QED) is 0.0483. The standard InChI is InChI=1S/C65H111N13O17/c1-47-45-78(55(83)67-54(47)82)52-44-48(68-69-66)49(90-52)46-89-53(81)26-17-18-27-70-28-20-29-71(38-40-74(57(85)92-62(5,6)7)33-22-32-73(37-36-70)56(84)91-61(2,3)4)50(79)24-19-25-51(80)72-30-21-31-76(59(87)94-64(11,12)13)42-43-77(60(88)95-65(14,15)16)35-23-34-75(41-39-72)58(86)93-63(8,9)10/h45,48-49,52H,17-44,46H2,1-16H3,(H,67,82,83)/t48-,49+,52+/m0/s1. The highest BCUT2D eigenvalue weighted by molar-refractivity contribution is 5.79. The number of hydrogen-bond donors (Lipinski definition) is 1. The van der Waals surface area contributed by atoms with Gasteiger partial charge in [-0.05, 0) is 174 Å². The number of rotatable bonds is 13. The molecule has 1 aromatic heterocycles. The van der Waals surface area contributed by atoms with Gasteiger partial charge in [0.1, 0.15) is 46.9 Å². The van der Waals surface area contributed by atoms with Crippen molar-refractivity contribution in [3.8, 4) is 0 Å². The number of hydrogen-bond acceptors (Lipinski definition) is 19. The molecule has 0 spiro atoms. The Morgan fingerprint density at radius 1 is 0.505 bits per heavy atom. The van der Waals surface area contributed by atoms with E-state index in [0.29, 0.717) is 58.2 Å². The average molecular weight is 1350 g/mol. The smallest absolute Gasteiger partial charge is 0.410 e. The first-order chi connectivity index (χ1) is 44.2. The van der Waals surface area contributed by atoms with Gasteiger partial charge in [-0.25, -0.2) is 28.8 Å². The number of ether oxygens (including phenoxy) is 7. The van der Waals surface area contributed by atoms with Crippen LogP contribution in [0.5, 0.6) is 0 Å². The van der Waals surface area contributed by atoms with Gasteiger partial charge in [-0.1, -0.05) is 5.11 Å². The zero-order valence-corrected chi connectivity index (χ0v) is 59.6. The normalized spacial score (nSPS) is 19.5. The lowest BCUT2D eigenvalue weighted by atomic mass is 10.1. The minimum Gasteiger partial charge on any atom is -0.463 e. The highest BCUT2D eigenvalue weighted by Gasteiger charge is 2.38. The number of nitrogens with zero attached hydrogens (tertiary/aromatic N) is 12. The molecular weight excluding hydrogens is 1230 g/mol. The highest BCUT2D eigenvalue weighted by atomic mass is 16.6. The summed E-state index contributed by atoms with van der Waals surface area (Å²) >= 11 is 0. The largest absolute Gasteiger partial charge is 0.463 e. The number of amides is 7. The predicted molar refractivity (Wildman–Crippen MR) is 353 cm³/mol. The lowest BCUT2D eigenvalue weighted by Crippen LogP contribution is -2.48. The van der Waals surface area contributed by atoms with Crippen LogP contribution in [0, 0.1) is 6.92 Å². The number of carbonyl (C=O) groups is 8. The average Bonchev–Trinajstić information content (AvgIpc) is 1.71. The molecule has 0 aliphatic carbocycles. The Balaban J connectivity index is 1.52. The second-order valence-electron chi connectivity index (χ2n) is 29.5. The van der Waals surface area contributed by atoms with Crippen molar-refractivity contribution < 1.29 is 71.5 Å². The molecule has 4 heterocycles. The number of unbranched alkanes of at least 4 members (excludes halogenated alkanes) is 1. The predicted octanol–water partition coefficient (Wildman–Crippen LogP) is 8.43. The molecule has 0 radical (unpaired) electrons. The second-order valence-corrected chi connectivity index (χ2v) is 29.5. The summed E-state index contributed by atoms with van der Waals surface area (Å²) in [6.45, 7) is 31.7. The fourth-order valence-corrected chi connectivity index (χ4v) is 10.6. The Labute approximate surface area is 560 Å². The molecule has 0 saturated carbocycles. The van der Waals surface area contributed by atoms with E-state index in [1.54, 1.807) is 130 Å².